The average Bonchev–Trinajstić information content (AvgIpc) is 3.23. The van der Waals surface area contributed by atoms with Gasteiger partial charge >= 0.3 is 0 Å². The van der Waals surface area contributed by atoms with Gasteiger partial charge in [-0.25, -0.2) is 4.98 Å². The average molecular weight is 420 g/mol. The number of thiazole rings is 1. The van der Waals surface area contributed by atoms with Gasteiger partial charge < -0.3 is 20.5 Å². The number of aromatic nitrogens is 1. The first-order valence-electron chi connectivity index (χ1n) is 9.89. The first kappa shape index (κ1) is 20.3. The van der Waals surface area contributed by atoms with Crippen LogP contribution in [0.5, 0.6) is 11.5 Å². The first-order valence-corrected chi connectivity index (χ1v) is 10.7. The summed E-state index contributed by atoms with van der Waals surface area (Å²) in [7, 11) is 1.66. The van der Waals surface area contributed by atoms with E-state index in [1.807, 2.05) is 66.7 Å². The largest absolute Gasteiger partial charge is 0.493 e. The zero-order valence-corrected chi connectivity index (χ0v) is 17.7. The molecule has 3 aromatic carbocycles. The number of nitrogens with one attached hydrogen (secondary N) is 1. The highest BCUT2D eigenvalue weighted by Gasteiger charge is 2.15. The Morgan fingerprint density at radius 3 is 2.53 bits per heavy atom. The van der Waals surface area contributed by atoms with E-state index >= 15 is 0 Å². The van der Waals surface area contributed by atoms with Crippen molar-refractivity contribution in [3.05, 3.63) is 88.9 Å². The van der Waals surface area contributed by atoms with Crippen LogP contribution in [0.4, 0.5) is 0 Å². The van der Waals surface area contributed by atoms with E-state index in [4.69, 9.17) is 20.2 Å². The summed E-state index contributed by atoms with van der Waals surface area (Å²) in [4.78, 5) is 4.73. The zero-order valence-electron chi connectivity index (χ0n) is 16.9. The number of fused-ring (bicyclic) bond motifs is 1. The lowest BCUT2D eigenvalue weighted by molar-refractivity contribution is 0.284. The van der Waals surface area contributed by atoms with Gasteiger partial charge in [-0.15, -0.1) is 11.3 Å². The molecule has 0 amide bonds. The number of hydrogen-bond donors (Lipinski definition) is 2. The second kappa shape index (κ2) is 9.71. The van der Waals surface area contributed by atoms with Crippen LogP contribution in [-0.4, -0.2) is 18.6 Å². The Labute approximate surface area is 180 Å². The molecule has 0 aliphatic rings. The van der Waals surface area contributed by atoms with Crippen molar-refractivity contribution in [2.24, 2.45) is 5.73 Å². The molecule has 0 fully saturated rings. The van der Waals surface area contributed by atoms with Gasteiger partial charge in [-0.3, -0.25) is 0 Å². The predicted molar refractivity (Wildman–Crippen MR) is 122 cm³/mol. The minimum atomic E-state index is 0.00222. The van der Waals surface area contributed by atoms with Gasteiger partial charge in [0.2, 0.25) is 0 Å². The van der Waals surface area contributed by atoms with Crippen molar-refractivity contribution in [2.45, 2.75) is 19.2 Å². The van der Waals surface area contributed by atoms with Crippen molar-refractivity contribution in [3.63, 3.8) is 0 Å². The lowest BCUT2D eigenvalue weighted by atomic mass is 10.2. The van der Waals surface area contributed by atoms with E-state index < -0.39 is 0 Å². The second-order valence-corrected chi connectivity index (χ2v) is 8.01. The lowest BCUT2D eigenvalue weighted by Crippen LogP contribution is -2.27. The van der Waals surface area contributed by atoms with Crippen LogP contribution in [0.15, 0.2) is 72.8 Å². The molecule has 0 spiro atoms. The van der Waals surface area contributed by atoms with Crippen LogP contribution >= 0.6 is 11.3 Å². The Morgan fingerprint density at radius 1 is 0.967 bits per heavy atom. The lowest BCUT2D eigenvalue weighted by Gasteiger charge is -2.16. The molecule has 30 heavy (non-hydrogen) atoms. The van der Waals surface area contributed by atoms with Gasteiger partial charge in [-0.1, -0.05) is 48.5 Å². The molecule has 4 aromatic rings. The third-order valence-electron chi connectivity index (χ3n) is 4.86. The smallest absolute Gasteiger partial charge is 0.161 e. The summed E-state index contributed by atoms with van der Waals surface area (Å²) < 4.78 is 12.7. The van der Waals surface area contributed by atoms with Gasteiger partial charge in [0.05, 0.1) is 23.4 Å². The molecule has 1 atom stereocenters. The third-order valence-corrected chi connectivity index (χ3v) is 6.01. The fraction of sp³-hybridized carbons (Fsp3) is 0.208. The quantitative estimate of drug-likeness (QED) is 0.412. The maximum absolute atomic E-state index is 6.03. The monoisotopic (exact) mass is 419 g/mol. The molecule has 0 radical (unpaired) electrons. The van der Waals surface area contributed by atoms with Gasteiger partial charge in [-0.2, -0.15) is 0 Å². The Morgan fingerprint density at radius 2 is 1.77 bits per heavy atom. The molecule has 0 saturated heterocycles. The molecular formula is C24H25N3O2S. The number of methoxy groups -OCH3 is 1. The second-order valence-electron chi connectivity index (χ2n) is 6.95. The van der Waals surface area contributed by atoms with E-state index in [0.29, 0.717) is 19.7 Å². The molecular weight excluding hydrogens is 394 g/mol. The number of ether oxygens (including phenoxy) is 2. The van der Waals surface area contributed by atoms with E-state index in [1.165, 1.54) is 4.70 Å². The van der Waals surface area contributed by atoms with Crippen LogP contribution < -0.4 is 20.5 Å². The highest BCUT2D eigenvalue weighted by Crippen LogP contribution is 2.30. The van der Waals surface area contributed by atoms with Crippen LogP contribution in [0.25, 0.3) is 10.2 Å². The van der Waals surface area contributed by atoms with Crippen LogP contribution in [0.2, 0.25) is 0 Å². The number of para-hydroxylation sites is 1. The van der Waals surface area contributed by atoms with Crippen LogP contribution in [0.3, 0.4) is 0 Å². The molecule has 0 aliphatic heterocycles. The normalized spacial score (nSPS) is 12.1. The minimum Gasteiger partial charge on any atom is -0.493 e. The molecule has 0 aliphatic carbocycles. The summed E-state index contributed by atoms with van der Waals surface area (Å²) in [6, 6.07) is 24.2. The molecule has 5 nitrogen and oxygen atoms in total. The molecule has 3 N–H and O–H groups in total. The number of hydrogen-bond acceptors (Lipinski definition) is 6. The Hall–Kier alpha value is -2.93. The van der Waals surface area contributed by atoms with Gasteiger partial charge in [-0.05, 0) is 35.4 Å². The molecule has 4 rings (SSSR count). The molecule has 6 heteroatoms. The van der Waals surface area contributed by atoms with Crippen LogP contribution in [0, 0.1) is 0 Å². The van der Waals surface area contributed by atoms with Gasteiger partial charge in [0.25, 0.3) is 0 Å². The van der Waals surface area contributed by atoms with Gasteiger partial charge in [0.1, 0.15) is 11.6 Å². The molecule has 154 valence electrons. The van der Waals surface area contributed by atoms with Crippen molar-refractivity contribution in [1.82, 2.24) is 10.3 Å². The zero-order chi connectivity index (χ0) is 20.8. The third kappa shape index (κ3) is 4.79. The van der Waals surface area contributed by atoms with E-state index in [2.05, 4.69) is 11.4 Å². The van der Waals surface area contributed by atoms with E-state index in [1.54, 1.807) is 18.4 Å². The summed E-state index contributed by atoms with van der Waals surface area (Å²) in [6.45, 7) is 1.64. The van der Waals surface area contributed by atoms with E-state index in [-0.39, 0.29) is 6.04 Å². The van der Waals surface area contributed by atoms with Crippen molar-refractivity contribution < 1.29 is 9.47 Å². The molecule has 1 aromatic heterocycles. The van der Waals surface area contributed by atoms with Gasteiger partial charge in [0.15, 0.2) is 11.5 Å². The van der Waals surface area contributed by atoms with Crippen molar-refractivity contribution in [3.8, 4) is 11.5 Å². The number of benzene rings is 3. The topological polar surface area (TPSA) is 69.4 Å². The Bertz CT molecular complexity index is 1070. The molecule has 1 unspecified atom stereocenters. The summed E-state index contributed by atoms with van der Waals surface area (Å²) in [6.07, 6.45) is 0. The van der Waals surface area contributed by atoms with E-state index in [0.717, 1.165) is 33.2 Å². The summed E-state index contributed by atoms with van der Waals surface area (Å²) in [5, 5.41) is 4.53. The van der Waals surface area contributed by atoms with Crippen LogP contribution in [0.1, 0.15) is 22.2 Å². The Balaban J connectivity index is 1.42. The molecule has 0 bridgehead atoms. The summed E-state index contributed by atoms with van der Waals surface area (Å²) in [5.41, 5.74) is 9.25. The maximum atomic E-state index is 6.03. The molecule has 1 heterocycles. The highest BCUT2D eigenvalue weighted by atomic mass is 32.1. The van der Waals surface area contributed by atoms with Crippen LogP contribution in [-0.2, 0) is 13.2 Å². The van der Waals surface area contributed by atoms with Crippen molar-refractivity contribution in [1.29, 1.82) is 0 Å². The molecule has 0 saturated carbocycles. The van der Waals surface area contributed by atoms with Crippen molar-refractivity contribution >= 4 is 21.6 Å². The highest BCUT2D eigenvalue weighted by molar-refractivity contribution is 7.18. The SMILES string of the molecule is COc1cc(CNC(CN)c2nc3ccccc3s2)ccc1OCc1ccccc1. The summed E-state index contributed by atoms with van der Waals surface area (Å²) >= 11 is 1.68. The van der Waals surface area contributed by atoms with Crippen molar-refractivity contribution in [2.75, 3.05) is 13.7 Å². The van der Waals surface area contributed by atoms with E-state index in [9.17, 15) is 0 Å². The standard InChI is InChI=1S/C24H25N3O2S/c1-28-22-13-18(11-12-21(22)29-16-17-7-3-2-4-8-17)15-26-20(14-25)24-27-19-9-5-6-10-23(19)30-24/h2-13,20,26H,14-16,25H2,1H3. The first-order chi connectivity index (χ1) is 14.8. The number of rotatable bonds is 9. The summed E-state index contributed by atoms with van der Waals surface area (Å²) in [5.74, 6) is 1.45. The minimum absolute atomic E-state index is 0.00222. The fourth-order valence-corrected chi connectivity index (χ4v) is 4.28. The number of nitrogens with two attached hydrogens (primary N) is 1. The van der Waals surface area contributed by atoms with Gasteiger partial charge in [0, 0.05) is 13.1 Å². The Kier molecular flexibility index (Phi) is 6.59. The maximum Gasteiger partial charge on any atom is 0.161 e. The number of nitrogens with zero attached hydrogens (tertiary/aromatic N) is 1. The predicted octanol–water partition coefficient (Wildman–Crippen LogP) is 4.67. The fourth-order valence-electron chi connectivity index (χ4n) is 3.23.